The van der Waals surface area contributed by atoms with E-state index >= 15 is 0 Å². The minimum absolute atomic E-state index is 0.0160. The normalized spacial score (nSPS) is 19.6. The minimum atomic E-state index is -4.48. The van der Waals surface area contributed by atoms with E-state index in [1.165, 1.54) is 6.07 Å². The van der Waals surface area contributed by atoms with E-state index in [0.29, 0.717) is 39.6 Å². The van der Waals surface area contributed by atoms with Crippen LogP contribution in [0.3, 0.4) is 0 Å². The maximum atomic E-state index is 13.3. The van der Waals surface area contributed by atoms with Crippen molar-refractivity contribution < 1.29 is 22.6 Å². The first-order valence-electron chi connectivity index (χ1n) is 10.9. The fraction of sp³-hybridized carbons (Fsp3) is 0.417. The van der Waals surface area contributed by atoms with E-state index < -0.39 is 17.8 Å². The van der Waals surface area contributed by atoms with Crippen molar-refractivity contribution in [2.45, 2.75) is 65.0 Å². The molecule has 2 aromatic carbocycles. The highest BCUT2D eigenvalue weighted by molar-refractivity contribution is 5.92. The molecule has 33 heavy (non-hydrogen) atoms. The summed E-state index contributed by atoms with van der Waals surface area (Å²) in [6.45, 7) is 7.55. The monoisotopic (exact) mass is 460 g/mol. The SMILES string of the molecule is Cc1nc(N[C@H](C)c2cc(N)cc(C(F)(F)F)c2)c2cc3c(cc2n1)O[C@@H](C)CC[C@H](C)O3. The number of ether oxygens (including phenoxy) is 2. The molecule has 0 radical (unpaired) electrons. The molecule has 9 heteroatoms. The average Bonchev–Trinajstić information content (AvgIpc) is 2.71. The molecule has 0 bridgehead atoms. The number of aromatic nitrogens is 2. The molecular weight excluding hydrogens is 433 g/mol. The van der Waals surface area contributed by atoms with E-state index in [-0.39, 0.29) is 17.9 Å². The van der Waals surface area contributed by atoms with Crippen LogP contribution in [-0.4, -0.2) is 22.2 Å². The molecule has 0 unspecified atom stereocenters. The number of benzene rings is 2. The van der Waals surface area contributed by atoms with Crippen molar-refractivity contribution in [3.8, 4) is 11.5 Å². The summed E-state index contributed by atoms with van der Waals surface area (Å²) in [5.41, 5.74) is 6.07. The summed E-state index contributed by atoms with van der Waals surface area (Å²) in [6, 6.07) is 6.71. The van der Waals surface area contributed by atoms with Gasteiger partial charge in [0.15, 0.2) is 11.5 Å². The van der Waals surface area contributed by atoms with Crippen LogP contribution in [-0.2, 0) is 6.18 Å². The third-order valence-electron chi connectivity index (χ3n) is 5.67. The zero-order chi connectivity index (χ0) is 23.9. The van der Waals surface area contributed by atoms with Gasteiger partial charge < -0.3 is 20.5 Å². The van der Waals surface area contributed by atoms with Gasteiger partial charge in [-0.1, -0.05) is 0 Å². The summed E-state index contributed by atoms with van der Waals surface area (Å²) in [6.07, 6.45) is -2.68. The number of halogens is 3. The highest BCUT2D eigenvalue weighted by Crippen LogP contribution is 2.39. The molecule has 3 N–H and O–H groups in total. The highest BCUT2D eigenvalue weighted by atomic mass is 19.4. The van der Waals surface area contributed by atoms with Crippen LogP contribution in [0.15, 0.2) is 30.3 Å². The van der Waals surface area contributed by atoms with Crippen molar-refractivity contribution in [3.05, 3.63) is 47.3 Å². The molecule has 1 aromatic heterocycles. The molecule has 3 aromatic rings. The van der Waals surface area contributed by atoms with Crippen molar-refractivity contribution in [1.82, 2.24) is 9.97 Å². The highest BCUT2D eigenvalue weighted by Gasteiger charge is 2.31. The summed E-state index contributed by atoms with van der Waals surface area (Å²) in [5.74, 6) is 2.22. The number of aryl methyl sites for hydroxylation is 1. The zero-order valence-corrected chi connectivity index (χ0v) is 19.0. The summed E-state index contributed by atoms with van der Waals surface area (Å²) in [4.78, 5) is 9.04. The number of nitrogens with two attached hydrogens (primary N) is 1. The van der Waals surface area contributed by atoms with Crippen LogP contribution in [0.1, 0.15) is 56.6 Å². The molecule has 0 fully saturated rings. The van der Waals surface area contributed by atoms with E-state index in [9.17, 15) is 13.2 Å². The molecule has 3 atom stereocenters. The van der Waals surface area contributed by atoms with Gasteiger partial charge in [0.1, 0.15) is 11.6 Å². The third-order valence-corrected chi connectivity index (χ3v) is 5.67. The molecule has 0 spiro atoms. The number of hydrogen-bond donors (Lipinski definition) is 2. The van der Waals surface area contributed by atoms with Gasteiger partial charge in [0.25, 0.3) is 0 Å². The van der Waals surface area contributed by atoms with Gasteiger partial charge in [-0.2, -0.15) is 13.2 Å². The van der Waals surface area contributed by atoms with Gasteiger partial charge in [-0.15, -0.1) is 0 Å². The molecule has 0 aliphatic carbocycles. The summed E-state index contributed by atoms with van der Waals surface area (Å²) < 4.78 is 51.9. The summed E-state index contributed by atoms with van der Waals surface area (Å²) in [7, 11) is 0. The lowest BCUT2D eigenvalue weighted by Crippen LogP contribution is -2.22. The second-order valence-corrected chi connectivity index (χ2v) is 8.62. The lowest BCUT2D eigenvalue weighted by Gasteiger charge is -2.26. The zero-order valence-electron chi connectivity index (χ0n) is 19.0. The smallest absolute Gasteiger partial charge is 0.416 e. The number of alkyl halides is 3. The fourth-order valence-electron chi connectivity index (χ4n) is 3.95. The van der Waals surface area contributed by atoms with E-state index in [4.69, 9.17) is 15.2 Å². The van der Waals surface area contributed by atoms with E-state index in [1.54, 1.807) is 13.8 Å². The van der Waals surface area contributed by atoms with Crippen LogP contribution in [0.2, 0.25) is 0 Å². The van der Waals surface area contributed by atoms with Crippen LogP contribution < -0.4 is 20.5 Å². The Kier molecular flexibility index (Phi) is 5.99. The number of nitrogens with zero attached hydrogens (tertiary/aromatic N) is 2. The van der Waals surface area contributed by atoms with Crippen molar-refractivity contribution >= 4 is 22.4 Å². The Hall–Kier alpha value is -3.23. The fourth-order valence-corrected chi connectivity index (χ4v) is 3.95. The lowest BCUT2D eigenvalue weighted by molar-refractivity contribution is -0.137. The van der Waals surface area contributed by atoms with Crippen LogP contribution >= 0.6 is 0 Å². The summed E-state index contributed by atoms with van der Waals surface area (Å²) in [5, 5.41) is 3.92. The first-order valence-corrected chi connectivity index (χ1v) is 10.9. The maximum absolute atomic E-state index is 13.3. The van der Waals surface area contributed by atoms with Gasteiger partial charge in [0.05, 0.1) is 29.3 Å². The van der Waals surface area contributed by atoms with Crippen molar-refractivity contribution in [3.63, 3.8) is 0 Å². The Balaban J connectivity index is 1.74. The van der Waals surface area contributed by atoms with Crippen molar-refractivity contribution in [2.75, 3.05) is 11.1 Å². The Morgan fingerprint density at radius 3 is 2.27 bits per heavy atom. The van der Waals surface area contributed by atoms with Crippen LogP contribution in [0.5, 0.6) is 11.5 Å². The Morgan fingerprint density at radius 2 is 1.64 bits per heavy atom. The Bertz CT molecular complexity index is 1180. The number of anilines is 2. The van der Waals surface area contributed by atoms with E-state index in [1.807, 2.05) is 26.0 Å². The first kappa shape index (κ1) is 22.9. The predicted molar refractivity (Wildman–Crippen MR) is 122 cm³/mol. The predicted octanol–water partition coefficient (Wildman–Crippen LogP) is 6.04. The molecule has 1 aliphatic heterocycles. The number of nitrogens with one attached hydrogen (secondary N) is 1. The second kappa shape index (κ2) is 8.61. The number of rotatable bonds is 3. The Morgan fingerprint density at radius 1 is 1.00 bits per heavy atom. The molecule has 2 heterocycles. The molecule has 6 nitrogen and oxygen atoms in total. The quantitative estimate of drug-likeness (QED) is 0.464. The molecule has 0 amide bonds. The van der Waals surface area contributed by atoms with Crippen LogP contribution in [0, 0.1) is 6.92 Å². The average molecular weight is 461 g/mol. The summed E-state index contributed by atoms with van der Waals surface area (Å²) >= 11 is 0. The molecule has 0 saturated carbocycles. The lowest BCUT2D eigenvalue weighted by atomic mass is 10.0. The topological polar surface area (TPSA) is 82.3 Å². The van der Waals surface area contributed by atoms with Gasteiger partial charge in [0, 0.05) is 17.1 Å². The second-order valence-electron chi connectivity index (χ2n) is 8.62. The van der Waals surface area contributed by atoms with Gasteiger partial charge in [-0.3, -0.25) is 0 Å². The number of fused-ring (bicyclic) bond motifs is 2. The van der Waals surface area contributed by atoms with E-state index in [0.717, 1.165) is 25.0 Å². The number of nitrogen functional groups attached to an aromatic ring is 1. The minimum Gasteiger partial charge on any atom is -0.487 e. The van der Waals surface area contributed by atoms with Crippen LogP contribution in [0.4, 0.5) is 24.7 Å². The number of hydrogen-bond acceptors (Lipinski definition) is 6. The third kappa shape index (κ3) is 5.07. The van der Waals surface area contributed by atoms with Gasteiger partial charge in [-0.05, 0) is 70.4 Å². The molecule has 176 valence electrons. The van der Waals surface area contributed by atoms with Gasteiger partial charge in [-0.25, -0.2) is 9.97 Å². The molecule has 4 rings (SSSR count). The standard InChI is InChI=1S/C24H27F3N4O2/c1-12-5-6-13(2)33-22-11-20-19(10-21(22)32-12)23(31-15(4)30-20)29-14(3)16-7-17(24(25,26)27)9-18(28)8-16/h7-14H,5-6,28H2,1-4H3,(H,29,30,31)/t12-,13-,14+/m0/s1. The largest absolute Gasteiger partial charge is 0.487 e. The Labute approximate surface area is 190 Å². The first-order chi connectivity index (χ1) is 15.5. The van der Waals surface area contributed by atoms with Gasteiger partial charge in [0.2, 0.25) is 0 Å². The maximum Gasteiger partial charge on any atom is 0.416 e. The molecular formula is C24H27F3N4O2. The van der Waals surface area contributed by atoms with E-state index in [2.05, 4.69) is 15.3 Å². The van der Waals surface area contributed by atoms with Crippen molar-refractivity contribution in [1.29, 1.82) is 0 Å². The molecule has 0 saturated heterocycles. The van der Waals surface area contributed by atoms with Crippen molar-refractivity contribution in [2.24, 2.45) is 0 Å². The van der Waals surface area contributed by atoms with Crippen LogP contribution in [0.25, 0.3) is 10.9 Å². The molecule has 1 aliphatic rings. The van der Waals surface area contributed by atoms with Gasteiger partial charge >= 0.3 is 6.18 Å².